The van der Waals surface area contributed by atoms with Gasteiger partial charge in [0.05, 0.1) is 6.61 Å². The highest BCUT2D eigenvalue weighted by atomic mass is 16.6. The minimum Gasteiger partial charge on any atom is -0.494 e. The van der Waals surface area contributed by atoms with Gasteiger partial charge in [0.1, 0.15) is 11.4 Å². The third-order valence-corrected chi connectivity index (χ3v) is 5.13. The lowest BCUT2D eigenvalue weighted by atomic mass is 9.89. The Labute approximate surface area is 198 Å². The fraction of sp³-hybridized carbons (Fsp3) is 0.741. The number of benzene rings is 1. The van der Waals surface area contributed by atoms with Gasteiger partial charge in [-0.2, -0.15) is 0 Å². The zero-order chi connectivity index (χ0) is 24.6. The van der Waals surface area contributed by atoms with Crippen molar-refractivity contribution in [3.8, 4) is 5.75 Å². The van der Waals surface area contributed by atoms with Crippen LogP contribution in [0.1, 0.15) is 92.6 Å². The van der Waals surface area contributed by atoms with Crippen molar-refractivity contribution in [1.29, 1.82) is 0 Å². The highest BCUT2D eigenvalue weighted by Gasteiger charge is 2.28. The van der Waals surface area contributed by atoms with Crippen molar-refractivity contribution in [2.45, 2.75) is 92.6 Å². The smallest absolute Gasteiger partial charge is 0.410 e. The summed E-state index contributed by atoms with van der Waals surface area (Å²) in [5.74, 6) is 1.42. The highest BCUT2D eigenvalue weighted by molar-refractivity contribution is 5.68. The van der Waals surface area contributed by atoms with Crippen LogP contribution in [0.5, 0.6) is 5.75 Å². The second-order valence-corrected chi connectivity index (χ2v) is 8.72. The van der Waals surface area contributed by atoms with Gasteiger partial charge in [0.25, 0.3) is 0 Å². The van der Waals surface area contributed by atoms with Crippen LogP contribution >= 0.6 is 0 Å². The fourth-order valence-electron chi connectivity index (χ4n) is 3.68. The Balaban J connectivity index is 0.000000805. The number of nitrogens with zero attached hydrogens (tertiary/aromatic N) is 2. The van der Waals surface area contributed by atoms with E-state index < -0.39 is 5.60 Å². The van der Waals surface area contributed by atoms with E-state index >= 15 is 0 Å². The van der Waals surface area contributed by atoms with E-state index in [0.717, 1.165) is 31.7 Å². The molecule has 0 N–H and O–H groups in total. The van der Waals surface area contributed by atoms with Crippen LogP contribution in [-0.2, 0) is 4.74 Å². The second kappa shape index (κ2) is 16.8. The van der Waals surface area contributed by atoms with E-state index in [1.54, 1.807) is 0 Å². The number of rotatable bonds is 3. The zero-order valence-corrected chi connectivity index (χ0v) is 22.4. The van der Waals surface area contributed by atoms with Crippen molar-refractivity contribution in [2.24, 2.45) is 0 Å². The maximum atomic E-state index is 12.1. The van der Waals surface area contributed by atoms with Gasteiger partial charge in [-0.15, -0.1) is 0 Å². The Kier molecular flexibility index (Phi) is 15.9. The number of ether oxygens (including phenoxy) is 2. The molecular formula is C27H50N2O3. The monoisotopic (exact) mass is 450 g/mol. The number of hydrogen-bond acceptors (Lipinski definition) is 4. The average molecular weight is 451 g/mol. The summed E-state index contributed by atoms with van der Waals surface area (Å²) in [5.41, 5.74) is 0.823. The topological polar surface area (TPSA) is 42.0 Å². The lowest BCUT2D eigenvalue weighted by Crippen LogP contribution is -2.41. The summed E-state index contributed by atoms with van der Waals surface area (Å²) in [6, 6.07) is 8.22. The van der Waals surface area contributed by atoms with E-state index in [4.69, 9.17) is 9.47 Å². The van der Waals surface area contributed by atoms with Crippen molar-refractivity contribution in [3.63, 3.8) is 0 Å². The normalized spacial score (nSPS) is 16.5. The van der Waals surface area contributed by atoms with Crippen LogP contribution in [0.2, 0.25) is 0 Å². The van der Waals surface area contributed by atoms with E-state index in [1.165, 1.54) is 31.5 Å². The second-order valence-electron chi connectivity index (χ2n) is 8.72. The number of para-hydroxylation sites is 1. The molecule has 0 aliphatic carbocycles. The lowest BCUT2D eigenvalue weighted by molar-refractivity contribution is 0.0204. The summed E-state index contributed by atoms with van der Waals surface area (Å²) in [5, 5.41) is 0. The molecule has 2 aliphatic rings. The molecule has 2 saturated heterocycles. The van der Waals surface area contributed by atoms with Crippen LogP contribution in [0.4, 0.5) is 4.79 Å². The summed E-state index contributed by atoms with van der Waals surface area (Å²) in [4.78, 5) is 16.3. The van der Waals surface area contributed by atoms with Crippen LogP contribution in [0.3, 0.4) is 0 Å². The first-order chi connectivity index (χ1) is 15.3. The molecule has 32 heavy (non-hydrogen) atoms. The molecule has 3 rings (SSSR count). The number of likely N-dealkylation sites (tertiary alicyclic amines) is 2. The van der Waals surface area contributed by atoms with Gasteiger partial charge in [0.15, 0.2) is 0 Å². The third kappa shape index (κ3) is 11.8. The molecule has 2 fully saturated rings. The van der Waals surface area contributed by atoms with Crippen molar-refractivity contribution >= 4 is 6.09 Å². The van der Waals surface area contributed by atoms with Gasteiger partial charge in [0, 0.05) is 13.1 Å². The number of hydrogen-bond donors (Lipinski definition) is 0. The molecule has 1 aromatic rings. The van der Waals surface area contributed by atoms with E-state index in [9.17, 15) is 4.79 Å². The minimum atomic E-state index is -0.435. The molecule has 0 atom stereocenters. The maximum Gasteiger partial charge on any atom is 0.410 e. The number of carbonyl (C=O) groups is 1. The minimum absolute atomic E-state index is 0.205. The van der Waals surface area contributed by atoms with Gasteiger partial charge < -0.3 is 19.3 Å². The Hall–Kier alpha value is -1.75. The van der Waals surface area contributed by atoms with Crippen LogP contribution in [0, 0.1) is 0 Å². The first kappa shape index (κ1) is 30.2. The van der Waals surface area contributed by atoms with Gasteiger partial charge in [-0.25, -0.2) is 4.79 Å². The number of carbonyl (C=O) groups excluding carboxylic acids is 1. The molecular weight excluding hydrogens is 400 g/mol. The molecule has 1 aromatic carbocycles. The van der Waals surface area contributed by atoms with Crippen LogP contribution in [0.25, 0.3) is 0 Å². The Morgan fingerprint density at radius 1 is 0.969 bits per heavy atom. The molecule has 2 aliphatic heterocycles. The molecule has 2 heterocycles. The summed E-state index contributed by atoms with van der Waals surface area (Å²) in [6.07, 6.45) is 4.52. The van der Waals surface area contributed by atoms with E-state index in [-0.39, 0.29) is 6.09 Å². The quantitative estimate of drug-likeness (QED) is 0.499. The fourth-order valence-corrected chi connectivity index (χ4v) is 3.68. The number of amides is 1. The van der Waals surface area contributed by atoms with Gasteiger partial charge >= 0.3 is 6.09 Å². The molecule has 0 bridgehead atoms. The summed E-state index contributed by atoms with van der Waals surface area (Å²) in [7, 11) is 2.17. The van der Waals surface area contributed by atoms with Crippen LogP contribution < -0.4 is 4.74 Å². The molecule has 0 spiro atoms. The first-order valence-corrected chi connectivity index (χ1v) is 12.7. The van der Waals surface area contributed by atoms with E-state index in [2.05, 4.69) is 24.1 Å². The van der Waals surface area contributed by atoms with Crippen molar-refractivity contribution in [3.05, 3.63) is 29.8 Å². The molecule has 1 amide bonds. The standard InChI is InChI=1S/C18H27NO3.C5H11N.2C2H6/c1-5-21-16-9-7-6-8-15(16)14-10-12-19(13-11-14)17(20)22-18(2,3)4;1-6-4-2-3-5-6;2*1-2/h6-9,14H,5,10-13H2,1-4H3;2-5H2,1H3;2*1-2H3. The van der Waals surface area contributed by atoms with Gasteiger partial charge in [0.2, 0.25) is 0 Å². The maximum absolute atomic E-state index is 12.1. The Morgan fingerprint density at radius 2 is 1.50 bits per heavy atom. The average Bonchev–Trinajstić information content (AvgIpc) is 3.27. The largest absolute Gasteiger partial charge is 0.494 e. The first-order valence-electron chi connectivity index (χ1n) is 12.7. The van der Waals surface area contributed by atoms with E-state index in [1.807, 2.05) is 72.4 Å². The van der Waals surface area contributed by atoms with Gasteiger partial charge in [-0.1, -0.05) is 45.9 Å². The predicted molar refractivity (Wildman–Crippen MR) is 137 cm³/mol. The molecule has 5 heteroatoms. The van der Waals surface area contributed by atoms with Crippen molar-refractivity contribution < 1.29 is 14.3 Å². The molecule has 0 saturated carbocycles. The SMILES string of the molecule is CC.CC.CCOc1ccccc1C1CCN(C(=O)OC(C)(C)C)CC1.CN1CCCC1. The van der Waals surface area contributed by atoms with Crippen molar-refractivity contribution in [2.75, 3.05) is 39.8 Å². The molecule has 186 valence electrons. The van der Waals surface area contributed by atoms with Crippen LogP contribution in [-0.4, -0.2) is 61.3 Å². The summed E-state index contributed by atoms with van der Waals surface area (Å²) in [6.45, 7) is 20.5. The Morgan fingerprint density at radius 3 is 1.94 bits per heavy atom. The number of piperidine rings is 1. The van der Waals surface area contributed by atoms with Crippen molar-refractivity contribution in [1.82, 2.24) is 9.80 Å². The summed E-state index contributed by atoms with van der Waals surface area (Å²) >= 11 is 0. The van der Waals surface area contributed by atoms with Gasteiger partial charge in [-0.05, 0) is 91.1 Å². The summed E-state index contributed by atoms with van der Waals surface area (Å²) < 4.78 is 11.2. The lowest BCUT2D eigenvalue weighted by Gasteiger charge is -2.34. The Bertz CT molecular complexity index is 599. The van der Waals surface area contributed by atoms with Gasteiger partial charge in [-0.3, -0.25) is 0 Å². The highest BCUT2D eigenvalue weighted by Crippen LogP contribution is 2.34. The third-order valence-electron chi connectivity index (χ3n) is 5.13. The predicted octanol–water partition coefficient (Wildman–Crippen LogP) is 6.96. The van der Waals surface area contributed by atoms with Crippen LogP contribution in [0.15, 0.2) is 24.3 Å². The molecule has 0 aromatic heterocycles. The molecule has 0 radical (unpaired) electrons. The zero-order valence-electron chi connectivity index (χ0n) is 22.4. The van der Waals surface area contributed by atoms with E-state index in [0.29, 0.717) is 12.5 Å². The molecule has 0 unspecified atom stereocenters. The molecule has 5 nitrogen and oxygen atoms in total.